The summed E-state index contributed by atoms with van der Waals surface area (Å²) in [6.07, 6.45) is 0.804. The van der Waals surface area contributed by atoms with E-state index in [4.69, 9.17) is 9.47 Å². The second-order valence-electron chi connectivity index (χ2n) is 5.23. The normalized spacial score (nSPS) is 39.1. The van der Waals surface area contributed by atoms with Gasteiger partial charge in [-0.15, -0.1) is 0 Å². The van der Waals surface area contributed by atoms with Crippen molar-refractivity contribution in [1.82, 2.24) is 0 Å². The molecule has 3 rings (SSSR count). The van der Waals surface area contributed by atoms with Gasteiger partial charge >= 0.3 is 0 Å². The number of aliphatic hydroxyl groups excluding tert-OH is 1. The van der Waals surface area contributed by atoms with Crippen molar-refractivity contribution in [2.24, 2.45) is 5.92 Å². The maximum Gasteiger partial charge on any atom is 0.118 e. The minimum atomic E-state index is -0.372. The van der Waals surface area contributed by atoms with Gasteiger partial charge in [0, 0.05) is 5.92 Å². The van der Waals surface area contributed by atoms with Crippen LogP contribution in [-0.4, -0.2) is 29.5 Å². The zero-order valence-electron chi connectivity index (χ0n) is 10.0. The van der Waals surface area contributed by atoms with Gasteiger partial charge in [-0.2, -0.15) is 0 Å². The molecule has 1 saturated heterocycles. The highest BCUT2D eigenvalue weighted by atomic mass is 16.6. The van der Waals surface area contributed by atoms with Gasteiger partial charge in [-0.3, -0.25) is 0 Å². The van der Waals surface area contributed by atoms with Crippen molar-refractivity contribution in [1.29, 1.82) is 0 Å². The van der Waals surface area contributed by atoms with Crippen LogP contribution in [0.2, 0.25) is 0 Å². The Bertz CT molecular complexity index is 392. The Labute approximate surface area is 101 Å². The fourth-order valence-electron chi connectivity index (χ4n) is 2.75. The van der Waals surface area contributed by atoms with E-state index in [9.17, 15) is 5.11 Å². The SMILES string of the molecule is C[C@]12O[C@H]1C[C@H](COCc1ccccc1)[C@H]2O. The van der Waals surface area contributed by atoms with Gasteiger partial charge in [0.25, 0.3) is 0 Å². The number of epoxide rings is 1. The smallest absolute Gasteiger partial charge is 0.118 e. The second-order valence-corrected chi connectivity index (χ2v) is 5.23. The molecule has 0 bridgehead atoms. The fourth-order valence-corrected chi connectivity index (χ4v) is 2.75. The fraction of sp³-hybridized carbons (Fsp3) is 0.571. The third kappa shape index (κ3) is 1.99. The van der Waals surface area contributed by atoms with Crippen LogP contribution in [0.4, 0.5) is 0 Å². The average Bonchev–Trinajstić information content (AvgIpc) is 2.94. The highest BCUT2D eigenvalue weighted by Crippen LogP contribution is 2.52. The minimum absolute atomic E-state index is 0.225. The quantitative estimate of drug-likeness (QED) is 0.807. The van der Waals surface area contributed by atoms with Crippen molar-refractivity contribution in [3.63, 3.8) is 0 Å². The van der Waals surface area contributed by atoms with Crippen LogP contribution in [0.3, 0.4) is 0 Å². The summed E-state index contributed by atoms with van der Waals surface area (Å²) in [4.78, 5) is 0. The van der Waals surface area contributed by atoms with Gasteiger partial charge in [0.2, 0.25) is 0 Å². The molecule has 4 atom stereocenters. The molecule has 0 unspecified atom stereocenters. The molecule has 1 aliphatic carbocycles. The lowest BCUT2D eigenvalue weighted by Crippen LogP contribution is -2.31. The van der Waals surface area contributed by atoms with E-state index in [1.165, 1.54) is 5.56 Å². The van der Waals surface area contributed by atoms with E-state index >= 15 is 0 Å². The molecule has 3 heteroatoms. The van der Waals surface area contributed by atoms with Crippen LogP contribution in [0.15, 0.2) is 30.3 Å². The number of hydrogen-bond donors (Lipinski definition) is 1. The molecule has 1 saturated carbocycles. The molecule has 92 valence electrons. The molecule has 0 spiro atoms. The first-order valence-corrected chi connectivity index (χ1v) is 6.18. The minimum Gasteiger partial charge on any atom is -0.390 e. The van der Waals surface area contributed by atoms with Crippen LogP contribution in [0.5, 0.6) is 0 Å². The molecule has 3 nitrogen and oxygen atoms in total. The van der Waals surface area contributed by atoms with Crippen molar-refractivity contribution in [3.05, 3.63) is 35.9 Å². The molecule has 17 heavy (non-hydrogen) atoms. The van der Waals surface area contributed by atoms with Crippen molar-refractivity contribution in [2.75, 3.05) is 6.61 Å². The lowest BCUT2D eigenvalue weighted by molar-refractivity contribution is -0.0157. The monoisotopic (exact) mass is 234 g/mol. The Kier molecular flexibility index (Phi) is 2.69. The summed E-state index contributed by atoms with van der Waals surface area (Å²) in [5.41, 5.74) is 0.897. The van der Waals surface area contributed by atoms with Gasteiger partial charge < -0.3 is 14.6 Å². The van der Waals surface area contributed by atoms with Gasteiger partial charge in [0.1, 0.15) is 5.60 Å². The zero-order chi connectivity index (χ0) is 11.9. The molecule has 1 heterocycles. The predicted octanol–water partition coefficient (Wildman–Crippen LogP) is 1.74. The van der Waals surface area contributed by atoms with Gasteiger partial charge in [0.15, 0.2) is 0 Å². The van der Waals surface area contributed by atoms with Crippen LogP contribution < -0.4 is 0 Å². The summed E-state index contributed by atoms with van der Waals surface area (Å²) in [6.45, 7) is 3.22. The van der Waals surface area contributed by atoms with Crippen molar-refractivity contribution in [2.45, 2.75) is 37.8 Å². The zero-order valence-corrected chi connectivity index (χ0v) is 10.0. The Balaban J connectivity index is 1.47. The second kappa shape index (κ2) is 4.09. The van der Waals surface area contributed by atoms with Crippen molar-refractivity contribution in [3.8, 4) is 0 Å². The lowest BCUT2D eigenvalue weighted by atomic mass is 10.0. The van der Waals surface area contributed by atoms with Crippen LogP contribution in [0.1, 0.15) is 18.9 Å². The van der Waals surface area contributed by atoms with Gasteiger partial charge in [-0.1, -0.05) is 30.3 Å². The van der Waals surface area contributed by atoms with E-state index < -0.39 is 0 Å². The Morgan fingerprint density at radius 3 is 2.82 bits per heavy atom. The van der Waals surface area contributed by atoms with Crippen molar-refractivity contribution < 1.29 is 14.6 Å². The summed E-state index contributed by atoms with van der Waals surface area (Å²) in [5, 5.41) is 10.1. The lowest BCUT2D eigenvalue weighted by Gasteiger charge is -2.20. The third-order valence-corrected chi connectivity index (χ3v) is 3.97. The van der Waals surface area contributed by atoms with Gasteiger partial charge in [-0.25, -0.2) is 0 Å². The van der Waals surface area contributed by atoms with E-state index in [1.807, 2.05) is 37.3 Å². The molecule has 0 amide bonds. The largest absolute Gasteiger partial charge is 0.390 e. The summed E-state index contributed by atoms with van der Waals surface area (Å²) in [7, 11) is 0. The molecule has 2 aliphatic rings. The first kappa shape index (κ1) is 11.2. The molecule has 1 N–H and O–H groups in total. The van der Waals surface area contributed by atoms with Crippen LogP contribution in [0.25, 0.3) is 0 Å². The van der Waals surface area contributed by atoms with Crippen LogP contribution in [-0.2, 0) is 16.1 Å². The number of hydrogen-bond acceptors (Lipinski definition) is 3. The van der Waals surface area contributed by atoms with Crippen LogP contribution >= 0.6 is 0 Å². The number of fused-ring (bicyclic) bond motifs is 1. The van der Waals surface area contributed by atoms with E-state index in [0.717, 1.165) is 6.42 Å². The molecule has 0 aromatic heterocycles. The highest BCUT2D eigenvalue weighted by Gasteiger charge is 2.65. The molecule has 1 aromatic carbocycles. The topological polar surface area (TPSA) is 42.0 Å². The molecular formula is C14H18O3. The third-order valence-electron chi connectivity index (χ3n) is 3.97. The Morgan fingerprint density at radius 2 is 2.18 bits per heavy atom. The standard InChI is InChI=1S/C14H18O3/c1-14-12(17-14)7-11(13(14)15)9-16-8-10-5-3-2-4-6-10/h2-6,11-13,15H,7-9H2,1H3/t11-,12+,13-,14+/m1/s1. The maximum absolute atomic E-state index is 10.1. The summed E-state index contributed by atoms with van der Waals surface area (Å²) < 4.78 is 11.1. The average molecular weight is 234 g/mol. The predicted molar refractivity (Wildman–Crippen MR) is 63.5 cm³/mol. The molecule has 0 radical (unpaired) electrons. The molecule has 1 aliphatic heterocycles. The summed E-state index contributed by atoms with van der Waals surface area (Å²) in [6, 6.07) is 10.1. The number of benzene rings is 1. The van der Waals surface area contributed by atoms with Crippen LogP contribution in [0, 0.1) is 5.92 Å². The molecule has 1 aromatic rings. The van der Waals surface area contributed by atoms with E-state index in [-0.39, 0.29) is 23.7 Å². The van der Waals surface area contributed by atoms with E-state index in [2.05, 4.69) is 0 Å². The number of ether oxygens (including phenoxy) is 2. The maximum atomic E-state index is 10.1. The summed E-state index contributed by atoms with van der Waals surface area (Å²) in [5.74, 6) is 0.225. The molecular weight excluding hydrogens is 216 g/mol. The Morgan fingerprint density at radius 1 is 1.41 bits per heavy atom. The first-order chi connectivity index (χ1) is 8.20. The van der Waals surface area contributed by atoms with E-state index in [1.54, 1.807) is 0 Å². The van der Waals surface area contributed by atoms with E-state index in [0.29, 0.717) is 13.2 Å². The number of rotatable bonds is 4. The van der Waals surface area contributed by atoms with Gasteiger partial charge in [-0.05, 0) is 18.9 Å². The highest BCUT2D eigenvalue weighted by molar-refractivity contribution is 5.14. The van der Waals surface area contributed by atoms with Crippen molar-refractivity contribution >= 4 is 0 Å². The molecule has 2 fully saturated rings. The summed E-state index contributed by atoms with van der Waals surface area (Å²) >= 11 is 0. The first-order valence-electron chi connectivity index (χ1n) is 6.18. The van der Waals surface area contributed by atoms with Gasteiger partial charge in [0.05, 0.1) is 25.4 Å². The number of aliphatic hydroxyl groups is 1. The Hall–Kier alpha value is -0.900.